The summed E-state index contributed by atoms with van der Waals surface area (Å²) in [7, 11) is 0. The zero-order valence-corrected chi connectivity index (χ0v) is 11.7. The second-order valence-electron chi connectivity index (χ2n) is 6.20. The van der Waals surface area contributed by atoms with Crippen LogP contribution >= 0.6 is 0 Å². The number of ether oxygens (including phenoxy) is 1. The molecule has 100 valence electrons. The summed E-state index contributed by atoms with van der Waals surface area (Å²) in [4.78, 5) is 2.60. The van der Waals surface area contributed by atoms with Gasteiger partial charge in [0.1, 0.15) is 0 Å². The average Bonchev–Trinajstić information content (AvgIpc) is 3.09. The molecule has 0 amide bonds. The Morgan fingerprint density at radius 2 is 2.18 bits per heavy atom. The van der Waals surface area contributed by atoms with E-state index in [2.05, 4.69) is 25.7 Å². The van der Waals surface area contributed by atoms with E-state index in [-0.39, 0.29) is 5.54 Å². The van der Waals surface area contributed by atoms with Crippen molar-refractivity contribution in [2.24, 2.45) is 11.1 Å². The van der Waals surface area contributed by atoms with Crippen LogP contribution in [-0.2, 0) is 4.74 Å². The van der Waals surface area contributed by atoms with E-state index in [9.17, 15) is 0 Å². The fourth-order valence-electron chi connectivity index (χ4n) is 3.24. The zero-order chi connectivity index (χ0) is 12.5. The van der Waals surface area contributed by atoms with E-state index in [1.807, 2.05) is 0 Å². The van der Waals surface area contributed by atoms with Gasteiger partial charge in [-0.3, -0.25) is 4.90 Å². The standard InChI is InChI=1S/C14H28N2O/c1-4-17-12-6-5-9-16(10-12)14(3,11-15)13(2)7-8-13/h12H,4-11,15H2,1-3H3. The highest BCUT2D eigenvalue weighted by atomic mass is 16.5. The molecule has 2 fully saturated rings. The van der Waals surface area contributed by atoms with E-state index < -0.39 is 0 Å². The molecule has 2 unspecified atom stereocenters. The van der Waals surface area contributed by atoms with Crippen LogP contribution in [0.1, 0.15) is 46.5 Å². The van der Waals surface area contributed by atoms with Gasteiger partial charge in [0.15, 0.2) is 0 Å². The topological polar surface area (TPSA) is 38.5 Å². The van der Waals surface area contributed by atoms with E-state index in [1.165, 1.54) is 32.2 Å². The normalized spacial score (nSPS) is 32.1. The van der Waals surface area contributed by atoms with Crippen molar-refractivity contribution in [1.29, 1.82) is 0 Å². The maximum Gasteiger partial charge on any atom is 0.0702 e. The smallest absolute Gasteiger partial charge is 0.0702 e. The number of rotatable bonds is 5. The molecule has 0 radical (unpaired) electrons. The molecule has 1 saturated carbocycles. The number of nitrogens with zero attached hydrogens (tertiary/aromatic N) is 1. The van der Waals surface area contributed by atoms with Crippen molar-refractivity contribution in [3.05, 3.63) is 0 Å². The van der Waals surface area contributed by atoms with Gasteiger partial charge in [0, 0.05) is 25.2 Å². The molecule has 1 heterocycles. The Bertz CT molecular complexity index is 263. The van der Waals surface area contributed by atoms with Crippen LogP contribution in [0.2, 0.25) is 0 Å². The van der Waals surface area contributed by atoms with E-state index in [4.69, 9.17) is 10.5 Å². The van der Waals surface area contributed by atoms with E-state index in [0.29, 0.717) is 11.5 Å². The lowest BCUT2D eigenvalue weighted by Gasteiger charge is -2.49. The van der Waals surface area contributed by atoms with Crippen molar-refractivity contribution in [3.8, 4) is 0 Å². The molecule has 2 N–H and O–H groups in total. The van der Waals surface area contributed by atoms with Crippen LogP contribution in [0.5, 0.6) is 0 Å². The third-order valence-corrected chi connectivity index (χ3v) is 5.18. The van der Waals surface area contributed by atoms with Gasteiger partial charge in [-0.2, -0.15) is 0 Å². The Labute approximate surface area is 106 Å². The molecule has 3 nitrogen and oxygen atoms in total. The monoisotopic (exact) mass is 240 g/mol. The van der Waals surface area contributed by atoms with Gasteiger partial charge in [-0.25, -0.2) is 0 Å². The molecule has 0 aromatic rings. The van der Waals surface area contributed by atoms with Crippen LogP contribution in [0.15, 0.2) is 0 Å². The van der Waals surface area contributed by atoms with Crippen molar-refractivity contribution >= 4 is 0 Å². The summed E-state index contributed by atoms with van der Waals surface area (Å²) in [6.07, 6.45) is 5.53. The zero-order valence-electron chi connectivity index (χ0n) is 11.7. The highest BCUT2D eigenvalue weighted by molar-refractivity contribution is 5.10. The van der Waals surface area contributed by atoms with Crippen LogP contribution in [-0.4, -0.2) is 42.8 Å². The molecule has 0 aromatic carbocycles. The molecule has 2 aliphatic rings. The first-order chi connectivity index (χ1) is 8.05. The van der Waals surface area contributed by atoms with E-state index >= 15 is 0 Å². The van der Waals surface area contributed by atoms with Crippen LogP contribution in [0, 0.1) is 5.41 Å². The van der Waals surface area contributed by atoms with Gasteiger partial charge in [-0.15, -0.1) is 0 Å². The lowest BCUT2D eigenvalue weighted by molar-refractivity contribution is -0.0475. The molecule has 0 spiro atoms. The first-order valence-electron chi connectivity index (χ1n) is 7.12. The van der Waals surface area contributed by atoms with Crippen molar-refractivity contribution in [1.82, 2.24) is 4.90 Å². The average molecular weight is 240 g/mol. The molecule has 2 atom stereocenters. The number of piperidine rings is 1. The predicted molar refractivity (Wildman–Crippen MR) is 71.0 cm³/mol. The fourth-order valence-corrected chi connectivity index (χ4v) is 3.24. The molecule has 1 saturated heterocycles. The van der Waals surface area contributed by atoms with Gasteiger partial charge in [-0.05, 0) is 51.5 Å². The minimum Gasteiger partial charge on any atom is -0.377 e. The number of likely N-dealkylation sites (tertiary alicyclic amines) is 1. The maximum absolute atomic E-state index is 6.10. The quantitative estimate of drug-likeness (QED) is 0.799. The van der Waals surface area contributed by atoms with Crippen LogP contribution < -0.4 is 5.73 Å². The SMILES string of the molecule is CCOC1CCCN(C(C)(CN)C2(C)CC2)C1. The molecule has 0 bridgehead atoms. The first-order valence-corrected chi connectivity index (χ1v) is 7.12. The highest BCUT2D eigenvalue weighted by Crippen LogP contribution is 2.55. The highest BCUT2D eigenvalue weighted by Gasteiger charge is 2.55. The fraction of sp³-hybridized carbons (Fsp3) is 1.00. The minimum absolute atomic E-state index is 0.169. The van der Waals surface area contributed by atoms with Gasteiger partial charge in [0.05, 0.1) is 6.10 Å². The van der Waals surface area contributed by atoms with Gasteiger partial charge >= 0.3 is 0 Å². The molecule has 1 aliphatic carbocycles. The van der Waals surface area contributed by atoms with Crippen LogP contribution in [0.4, 0.5) is 0 Å². The predicted octanol–water partition coefficient (Wildman–Crippen LogP) is 2.00. The summed E-state index contributed by atoms with van der Waals surface area (Å²) in [6, 6.07) is 0. The molecule has 17 heavy (non-hydrogen) atoms. The molecular weight excluding hydrogens is 212 g/mol. The molecular formula is C14H28N2O. The summed E-state index contributed by atoms with van der Waals surface area (Å²) in [5.41, 5.74) is 6.71. The van der Waals surface area contributed by atoms with Gasteiger partial charge in [-0.1, -0.05) is 6.92 Å². The van der Waals surface area contributed by atoms with Gasteiger partial charge < -0.3 is 10.5 Å². The third kappa shape index (κ3) is 2.38. The summed E-state index contributed by atoms with van der Waals surface area (Å²) in [5, 5.41) is 0. The Morgan fingerprint density at radius 1 is 1.47 bits per heavy atom. The van der Waals surface area contributed by atoms with Gasteiger partial charge in [0.25, 0.3) is 0 Å². The van der Waals surface area contributed by atoms with Crippen LogP contribution in [0.3, 0.4) is 0 Å². The summed E-state index contributed by atoms with van der Waals surface area (Å²) in [5.74, 6) is 0. The second kappa shape index (κ2) is 4.87. The first kappa shape index (κ1) is 13.3. The minimum atomic E-state index is 0.169. The maximum atomic E-state index is 6.10. The van der Waals surface area contributed by atoms with E-state index in [0.717, 1.165) is 19.7 Å². The van der Waals surface area contributed by atoms with Crippen molar-refractivity contribution in [3.63, 3.8) is 0 Å². The third-order valence-electron chi connectivity index (χ3n) is 5.18. The van der Waals surface area contributed by atoms with Crippen molar-refractivity contribution in [2.45, 2.75) is 58.1 Å². The number of hydrogen-bond acceptors (Lipinski definition) is 3. The van der Waals surface area contributed by atoms with Crippen molar-refractivity contribution < 1.29 is 4.74 Å². The second-order valence-corrected chi connectivity index (χ2v) is 6.20. The number of hydrogen-bond donors (Lipinski definition) is 1. The largest absolute Gasteiger partial charge is 0.377 e. The summed E-state index contributed by atoms with van der Waals surface area (Å²) in [6.45, 7) is 10.7. The Hall–Kier alpha value is -0.120. The molecule has 1 aliphatic heterocycles. The molecule has 2 rings (SSSR count). The summed E-state index contributed by atoms with van der Waals surface area (Å²) >= 11 is 0. The van der Waals surface area contributed by atoms with Crippen molar-refractivity contribution in [2.75, 3.05) is 26.2 Å². The van der Waals surface area contributed by atoms with E-state index in [1.54, 1.807) is 0 Å². The lowest BCUT2D eigenvalue weighted by atomic mass is 9.80. The number of nitrogens with two attached hydrogens (primary N) is 1. The van der Waals surface area contributed by atoms with Crippen LogP contribution in [0.25, 0.3) is 0 Å². The Kier molecular flexibility index (Phi) is 3.81. The Morgan fingerprint density at radius 3 is 2.71 bits per heavy atom. The molecule has 3 heteroatoms. The Balaban J connectivity index is 2.04. The van der Waals surface area contributed by atoms with Gasteiger partial charge in [0.2, 0.25) is 0 Å². The lowest BCUT2D eigenvalue weighted by Crippen LogP contribution is -2.60. The summed E-state index contributed by atoms with van der Waals surface area (Å²) < 4.78 is 5.80. The molecule has 0 aromatic heterocycles.